The molecular weight excluding hydrogens is 300 g/mol. The first-order valence-electron chi connectivity index (χ1n) is 7.61. The molecule has 1 saturated heterocycles. The molecular formula is C16H18N2O5. The molecule has 0 aromatic heterocycles. The highest BCUT2D eigenvalue weighted by Crippen LogP contribution is 2.59. The number of carbonyl (C=O) groups is 2. The summed E-state index contributed by atoms with van der Waals surface area (Å²) in [6.45, 7) is 2.64. The predicted molar refractivity (Wildman–Crippen MR) is 81.1 cm³/mol. The van der Waals surface area contributed by atoms with Gasteiger partial charge in [-0.05, 0) is 37.7 Å². The number of carboxylic acids is 1. The first-order chi connectivity index (χ1) is 10.8. The van der Waals surface area contributed by atoms with Crippen LogP contribution in [0.3, 0.4) is 0 Å². The zero-order valence-corrected chi connectivity index (χ0v) is 12.8. The fourth-order valence-electron chi connectivity index (χ4n) is 3.53. The molecule has 1 spiro atoms. The summed E-state index contributed by atoms with van der Waals surface area (Å²) >= 11 is 0. The van der Waals surface area contributed by atoms with Crippen molar-refractivity contribution >= 4 is 17.6 Å². The summed E-state index contributed by atoms with van der Waals surface area (Å²) in [7, 11) is 0. The lowest BCUT2D eigenvalue weighted by molar-refractivity contribution is -0.385. The van der Waals surface area contributed by atoms with E-state index in [1.54, 1.807) is 24.0 Å². The van der Waals surface area contributed by atoms with Crippen LogP contribution in [0.15, 0.2) is 18.2 Å². The Bertz CT molecular complexity index is 692. The summed E-state index contributed by atoms with van der Waals surface area (Å²) < 4.78 is 0. The van der Waals surface area contributed by atoms with Crippen LogP contribution in [0.4, 0.5) is 5.69 Å². The average Bonchev–Trinajstić information content (AvgIpc) is 3.21. The maximum atomic E-state index is 12.5. The van der Waals surface area contributed by atoms with Gasteiger partial charge in [-0.3, -0.25) is 19.7 Å². The van der Waals surface area contributed by atoms with Crippen molar-refractivity contribution in [1.29, 1.82) is 0 Å². The molecule has 23 heavy (non-hydrogen) atoms. The Labute approximate surface area is 133 Å². The number of hydrogen-bond donors (Lipinski definition) is 1. The maximum absolute atomic E-state index is 12.5. The van der Waals surface area contributed by atoms with Gasteiger partial charge >= 0.3 is 5.97 Å². The van der Waals surface area contributed by atoms with E-state index >= 15 is 0 Å². The lowest BCUT2D eigenvalue weighted by Gasteiger charge is -2.32. The van der Waals surface area contributed by atoms with E-state index in [0.717, 1.165) is 0 Å². The van der Waals surface area contributed by atoms with Crippen molar-refractivity contribution in [2.75, 3.05) is 13.1 Å². The highest BCUT2D eigenvalue weighted by molar-refractivity contribution is 5.95. The zero-order valence-electron chi connectivity index (χ0n) is 12.8. The lowest BCUT2D eigenvalue weighted by Crippen LogP contribution is -2.40. The minimum Gasteiger partial charge on any atom is -0.481 e. The number of benzene rings is 1. The normalized spacial score (nSPS) is 22.0. The monoisotopic (exact) mass is 318 g/mol. The molecule has 1 atom stereocenters. The van der Waals surface area contributed by atoms with E-state index in [4.69, 9.17) is 5.11 Å². The Balaban J connectivity index is 1.70. The van der Waals surface area contributed by atoms with Gasteiger partial charge in [0, 0.05) is 30.3 Å². The van der Waals surface area contributed by atoms with E-state index in [9.17, 15) is 19.7 Å². The smallest absolute Gasteiger partial charge is 0.307 e. The maximum Gasteiger partial charge on any atom is 0.307 e. The standard InChI is InChI=1S/C16H18N2O5/c1-10-2-3-11(8-13(10)18(22)23)14(19)17-6-4-16(5-7-17)9-12(16)15(20)21/h2-3,8,12H,4-7,9H2,1H3,(H,20,21). The van der Waals surface area contributed by atoms with Gasteiger partial charge in [0.25, 0.3) is 11.6 Å². The number of carboxylic acid groups (broad SMARTS) is 1. The third-order valence-corrected chi connectivity index (χ3v) is 5.19. The minimum atomic E-state index is -0.751. The Kier molecular flexibility index (Phi) is 3.58. The van der Waals surface area contributed by atoms with Gasteiger partial charge in [0.2, 0.25) is 0 Å². The number of carbonyl (C=O) groups excluding carboxylic acids is 1. The first-order valence-corrected chi connectivity index (χ1v) is 7.61. The highest BCUT2D eigenvalue weighted by atomic mass is 16.6. The number of amides is 1. The van der Waals surface area contributed by atoms with Crippen molar-refractivity contribution in [3.63, 3.8) is 0 Å². The predicted octanol–water partition coefficient (Wildman–Crippen LogP) is 2.23. The van der Waals surface area contributed by atoms with Gasteiger partial charge in [-0.2, -0.15) is 0 Å². The number of nitrogens with zero attached hydrogens (tertiary/aromatic N) is 2. The minimum absolute atomic E-state index is 0.0579. The number of rotatable bonds is 3. The molecule has 7 nitrogen and oxygen atoms in total. The molecule has 1 aromatic rings. The molecule has 2 fully saturated rings. The highest BCUT2D eigenvalue weighted by Gasteiger charge is 2.59. The van der Waals surface area contributed by atoms with E-state index in [1.165, 1.54) is 6.07 Å². The SMILES string of the molecule is Cc1ccc(C(=O)N2CCC3(CC2)CC3C(=O)O)cc1[N+](=O)[O-]. The molecule has 1 heterocycles. The summed E-state index contributed by atoms with van der Waals surface area (Å²) in [5.41, 5.74) is 0.634. The Morgan fingerprint density at radius 3 is 2.52 bits per heavy atom. The van der Waals surface area contributed by atoms with Crippen LogP contribution in [0, 0.1) is 28.4 Å². The number of aryl methyl sites for hydroxylation is 1. The van der Waals surface area contributed by atoms with Gasteiger partial charge < -0.3 is 10.0 Å². The van der Waals surface area contributed by atoms with Crippen molar-refractivity contribution < 1.29 is 19.6 Å². The van der Waals surface area contributed by atoms with Crippen LogP contribution in [0.5, 0.6) is 0 Å². The molecule has 1 aliphatic heterocycles. The topological polar surface area (TPSA) is 101 Å². The van der Waals surface area contributed by atoms with Gasteiger partial charge in [0.1, 0.15) is 0 Å². The summed E-state index contributed by atoms with van der Waals surface area (Å²) in [5, 5.41) is 20.1. The summed E-state index contributed by atoms with van der Waals surface area (Å²) in [6.07, 6.45) is 2.06. The third kappa shape index (κ3) is 2.67. The molecule has 0 radical (unpaired) electrons. The molecule has 1 amide bonds. The van der Waals surface area contributed by atoms with Crippen molar-refractivity contribution in [3.8, 4) is 0 Å². The summed E-state index contributed by atoms with van der Waals surface area (Å²) in [4.78, 5) is 35.7. The number of nitro benzene ring substituents is 1. The average molecular weight is 318 g/mol. The second-order valence-electron chi connectivity index (χ2n) is 6.51. The van der Waals surface area contributed by atoms with Gasteiger partial charge in [0.05, 0.1) is 10.8 Å². The first kappa shape index (κ1) is 15.5. The molecule has 1 unspecified atom stereocenters. The van der Waals surface area contributed by atoms with Crippen LogP contribution >= 0.6 is 0 Å². The molecule has 7 heteroatoms. The van der Waals surface area contributed by atoms with Crippen LogP contribution in [0.1, 0.15) is 35.2 Å². The molecule has 1 aromatic carbocycles. The van der Waals surface area contributed by atoms with E-state index in [-0.39, 0.29) is 22.9 Å². The molecule has 1 aliphatic carbocycles. The van der Waals surface area contributed by atoms with Crippen LogP contribution < -0.4 is 0 Å². The quantitative estimate of drug-likeness (QED) is 0.680. The number of piperidine rings is 1. The van der Waals surface area contributed by atoms with E-state index in [2.05, 4.69) is 0 Å². The van der Waals surface area contributed by atoms with Crippen LogP contribution in [-0.4, -0.2) is 39.9 Å². The molecule has 0 bridgehead atoms. The Morgan fingerprint density at radius 2 is 2.00 bits per heavy atom. The van der Waals surface area contributed by atoms with Gasteiger partial charge in [-0.25, -0.2) is 0 Å². The van der Waals surface area contributed by atoms with Gasteiger partial charge in [-0.1, -0.05) is 6.07 Å². The van der Waals surface area contributed by atoms with Crippen LogP contribution in [0.2, 0.25) is 0 Å². The van der Waals surface area contributed by atoms with Crippen molar-refractivity contribution in [1.82, 2.24) is 4.90 Å². The largest absolute Gasteiger partial charge is 0.481 e. The number of likely N-dealkylation sites (tertiary alicyclic amines) is 1. The molecule has 1 saturated carbocycles. The number of hydrogen-bond acceptors (Lipinski definition) is 4. The fourth-order valence-corrected chi connectivity index (χ4v) is 3.53. The van der Waals surface area contributed by atoms with Crippen LogP contribution in [-0.2, 0) is 4.79 Å². The van der Waals surface area contributed by atoms with Crippen LogP contribution in [0.25, 0.3) is 0 Å². The summed E-state index contributed by atoms with van der Waals surface area (Å²) in [6, 6.07) is 4.50. The van der Waals surface area contributed by atoms with E-state index < -0.39 is 10.9 Å². The molecule has 3 rings (SSSR count). The Morgan fingerprint density at radius 1 is 1.35 bits per heavy atom. The number of aliphatic carboxylic acids is 1. The van der Waals surface area contributed by atoms with Crippen molar-refractivity contribution in [2.24, 2.45) is 11.3 Å². The summed E-state index contributed by atoms with van der Waals surface area (Å²) in [5.74, 6) is -1.25. The van der Waals surface area contributed by atoms with E-state index in [1.807, 2.05) is 0 Å². The molecule has 2 aliphatic rings. The van der Waals surface area contributed by atoms with Gasteiger partial charge in [0.15, 0.2) is 0 Å². The second kappa shape index (κ2) is 5.33. The van der Waals surface area contributed by atoms with Gasteiger partial charge in [-0.15, -0.1) is 0 Å². The molecule has 1 N–H and O–H groups in total. The van der Waals surface area contributed by atoms with E-state index in [0.29, 0.717) is 43.5 Å². The molecule has 122 valence electrons. The third-order valence-electron chi connectivity index (χ3n) is 5.19. The zero-order chi connectivity index (χ0) is 16.8. The lowest BCUT2D eigenvalue weighted by atomic mass is 9.90. The number of nitro groups is 1. The van der Waals surface area contributed by atoms with Crippen molar-refractivity contribution in [2.45, 2.75) is 26.2 Å². The Hall–Kier alpha value is -2.44. The van der Waals surface area contributed by atoms with Crippen molar-refractivity contribution in [3.05, 3.63) is 39.4 Å². The fraction of sp³-hybridized carbons (Fsp3) is 0.500. The second-order valence-corrected chi connectivity index (χ2v) is 6.51.